The number of anilines is 1. The highest BCUT2D eigenvalue weighted by molar-refractivity contribution is 7.92. The molecule has 13 heteroatoms. The Kier molecular flexibility index (Phi) is 12.4. The molecular formula is C36H36Cl2F3N3O4S. The van der Waals surface area contributed by atoms with Crippen LogP contribution in [0.25, 0.3) is 0 Å². The number of sulfonamides is 1. The summed E-state index contributed by atoms with van der Waals surface area (Å²) in [5.41, 5.74) is 0.414. The van der Waals surface area contributed by atoms with Crippen molar-refractivity contribution in [3.63, 3.8) is 0 Å². The fourth-order valence-corrected chi connectivity index (χ4v) is 6.89. The van der Waals surface area contributed by atoms with E-state index in [1.54, 1.807) is 61.5 Å². The van der Waals surface area contributed by atoms with E-state index in [1.165, 1.54) is 29.2 Å². The van der Waals surface area contributed by atoms with Crippen LogP contribution in [0.1, 0.15) is 36.1 Å². The maximum absolute atomic E-state index is 14.5. The Balaban J connectivity index is 1.86. The van der Waals surface area contributed by atoms with Gasteiger partial charge in [0.1, 0.15) is 12.6 Å². The molecule has 2 amide bonds. The minimum atomic E-state index is -4.79. The van der Waals surface area contributed by atoms with Crippen molar-refractivity contribution < 1.29 is 31.2 Å². The van der Waals surface area contributed by atoms with Crippen LogP contribution in [-0.2, 0) is 38.8 Å². The van der Waals surface area contributed by atoms with Gasteiger partial charge in [0, 0.05) is 29.6 Å². The van der Waals surface area contributed by atoms with Gasteiger partial charge in [0.2, 0.25) is 11.8 Å². The van der Waals surface area contributed by atoms with E-state index in [2.05, 4.69) is 5.32 Å². The van der Waals surface area contributed by atoms with E-state index in [9.17, 15) is 31.2 Å². The third kappa shape index (κ3) is 9.99. The zero-order chi connectivity index (χ0) is 35.9. The Labute approximate surface area is 294 Å². The van der Waals surface area contributed by atoms with Crippen molar-refractivity contribution in [3.8, 4) is 0 Å². The molecule has 0 radical (unpaired) electrons. The summed E-state index contributed by atoms with van der Waals surface area (Å²) in [4.78, 5) is 29.4. The van der Waals surface area contributed by atoms with E-state index in [4.69, 9.17) is 23.2 Å². The van der Waals surface area contributed by atoms with Crippen LogP contribution in [0.3, 0.4) is 0 Å². The van der Waals surface area contributed by atoms with Crippen molar-refractivity contribution in [2.75, 3.05) is 17.4 Å². The van der Waals surface area contributed by atoms with Gasteiger partial charge in [-0.15, -0.1) is 0 Å². The summed E-state index contributed by atoms with van der Waals surface area (Å²) in [7, 11) is -4.60. The van der Waals surface area contributed by atoms with Crippen LogP contribution in [0, 0.1) is 12.8 Å². The van der Waals surface area contributed by atoms with Gasteiger partial charge in [-0.05, 0) is 66.4 Å². The minimum Gasteiger partial charge on any atom is -0.354 e. The first kappa shape index (κ1) is 37.8. The van der Waals surface area contributed by atoms with E-state index < -0.39 is 46.2 Å². The molecule has 0 bridgehead atoms. The van der Waals surface area contributed by atoms with Crippen LogP contribution in [-0.4, -0.2) is 44.3 Å². The van der Waals surface area contributed by atoms with E-state index in [-0.39, 0.29) is 34.5 Å². The molecule has 0 unspecified atom stereocenters. The van der Waals surface area contributed by atoms with Crippen LogP contribution < -0.4 is 9.62 Å². The molecule has 0 saturated carbocycles. The predicted octanol–water partition coefficient (Wildman–Crippen LogP) is 7.93. The molecule has 0 aromatic heterocycles. The number of halogens is 5. The second-order valence-corrected chi connectivity index (χ2v) is 14.7. The highest BCUT2D eigenvalue weighted by atomic mass is 35.5. The van der Waals surface area contributed by atoms with E-state index >= 15 is 0 Å². The molecule has 260 valence electrons. The molecule has 0 aliphatic heterocycles. The quantitative estimate of drug-likeness (QED) is 0.151. The van der Waals surface area contributed by atoms with Gasteiger partial charge in [0.05, 0.1) is 16.1 Å². The maximum atomic E-state index is 14.5. The number of hydrogen-bond acceptors (Lipinski definition) is 4. The molecule has 0 heterocycles. The lowest BCUT2D eigenvalue weighted by Gasteiger charge is -2.34. The number of aryl methyl sites for hydroxylation is 1. The summed E-state index contributed by atoms with van der Waals surface area (Å²) in [6.45, 7) is 4.71. The highest BCUT2D eigenvalue weighted by Crippen LogP contribution is 2.34. The number of carbonyl (C=O) groups excluding carboxylic acids is 2. The smallest absolute Gasteiger partial charge is 0.354 e. The molecule has 49 heavy (non-hydrogen) atoms. The molecule has 7 nitrogen and oxygen atoms in total. The standard InChI is InChI=1S/C36H36Cl2F3N3O4S/c1-24(2)21-42-35(46)33(18-26-8-5-4-6-9-26)43(22-27-14-15-29(37)20-32(27)38)34(45)23-44(30-11-7-10-28(19-30)36(39,40)41)49(47,48)31-16-12-25(3)13-17-31/h4-17,19-20,24,33H,18,21-23H2,1-3H3,(H,42,46)/t33-/m1/s1. The van der Waals surface area contributed by atoms with Gasteiger partial charge in [0.15, 0.2) is 0 Å². The number of hydrogen-bond donors (Lipinski definition) is 1. The fraction of sp³-hybridized carbons (Fsp3) is 0.278. The number of benzene rings is 4. The molecular weight excluding hydrogens is 698 g/mol. The molecule has 4 rings (SSSR count). The van der Waals surface area contributed by atoms with Gasteiger partial charge in [0.25, 0.3) is 10.0 Å². The molecule has 4 aromatic carbocycles. The van der Waals surface area contributed by atoms with Crippen LogP contribution in [0.5, 0.6) is 0 Å². The number of alkyl halides is 3. The van der Waals surface area contributed by atoms with Crippen LogP contribution >= 0.6 is 23.2 Å². The molecule has 1 atom stereocenters. The Morgan fingerprint density at radius 3 is 2.16 bits per heavy atom. The first-order valence-corrected chi connectivity index (χ1v) is 17.6. The molecule has 0 aliphatic rings. The summed E-state index contributed by atoms with van der Waals surface area (Å²) < 4.78 is 70.4. The van der Waals surface area contributed by atoms with Crippen molar-refractivity contribution in [2.45, 2.75) is 50.9 Å². The normalized spacial score (nSPS) is 12.4. The highest BCUT2D eigenvalue weighted by Gasteiger charge is 2.36. The van der Waals surface area contributed by atoms with E-state index in [1.807, 2.05) is 13.8 Å². The molecule has 4 aromatic rings. The SMILES string of the molecule is Cc1ccc(S(=O)(=O)N(CC(=O)N(Cc2ccc(Cl)cc2Cl)[C@H](Cc2ccccc2)C(=O)NCC(C)C)c2cccc(C(F)(F)F)c2)cc1. The molecule has 0 saturated heterocycles. The van der Waals surface area contributed by atoms with E-state index in [0.29, 0.717) is 33.1 Å². The Morgan fingerprint density at radius 2 is 1.55 bits per heavy atom. The number of nitrogens with one attached hydrogen (secondary N) is 1. The van der Waals surface area contributed by atoms with Gasteiger partial charge in [-0.1, -0.05) is 97.2 Å². The Bertz CT molecular complexity index is 1870. The zero-order valence-corrected chi connectivity index (χ0v) is 29.4. The maximum Gasteiger partial charge on any atom is 0.416 e. The first-order valence-electron chi connectivity index (χ1n) is 15.4. The summed E-state index contributed by atoms with van der Waals surface area (Å²) in [5.74, 6) is -1.27. The summed E-state index contributed by atoms with van der Waals surface area (Å²) in [6.07, 6.45) is -4.73. The fourth-order valence-electron chi connectivity index (χ4n) is 5.01. The van der Waals surface area contributed by atoms with Crippen LogP contribution in [0.15, 0.2) is 102 Å². The molecule has 0 aliphatic carbocycles. The lowest BCUT2D eigenvalue weighted by atomic mass is 10.0. The van der Waals surface area contributed by atoms with Crippen molar-refractivity contribution in [1.29, 1.82) is 0 Å². The first-order chi connectivity index (χ1) is 23.1. The van der Waals surface area contributed by atoms with Gasteiger partial charge >= 0.3 is 6.18 Å². The third-order valence-corrected chi connectivity index (χ3v) is 10.0. The molecule has 0 fully saturated rings. The molecule has 0 spiro atoms. The zero-order valence-electron chi connectivity index (χ0n) is 27.0. The van der Waals surface area contributed by atoms with Crippen molar-refractivity contribution in [1.82, 2.24) is 10.2 Å². The second-order valence-electron chi connectivity index (χ2n) is 12.0. The summed E-state index contributed by atoms with van der Waals surface area (Å²) in [6, 6.07) is 21.9. The van der Waals surface area contributed by atoms with Crippen molar-refractivity contribution in [2.24, 2.45) is 5.92 Å². The van der Waals surface area contributed by atoms with Gasteiger partial charge in [-0.2, -0.15) is 13.2 Å². The summed E-state index contributed by atoms with van der Waals surface area (Å²) in [5, 5.41) is 3.41. The van der Waals surface area contributed by atoms with Gasteiger partial charge < -0.3 is 10.2 Å². The average Bonchev–Trinajstić information content (AvgIpc) is 3.05. The third-order valence-electron chi connectivity index (χ3n) is 7.66. The van der Waals surface area contributed by atoms with Gasteiger partial charge in [-0.25, -0.2) is 8.42 Å². The van der Waals surface area contributed by atoms with E-state index in [0.717, 1.165) is 17.7 Å². The monoisotopic (exact) mass is 733 g/mol. The number of rotatable bonds is 13. The van der Waals surface area contributed by atoms with Crippen molar-refractivity contribution in [3.05, 3.63) is 129 Å². The Hall–Kier alpha value is -4.06. The number of nitrogens with zero attached hydrogens (tertiary/aromatic N) is 2. The minimum absolute atomic E-state index is 0.0516. The molecule has 1 N–H and O–H groups in total. The van der Waals surface area contributed by atoms with Crippen molar-refractivity contribution >= 4 is 50.7 Å². The Morgan fingerprint density at radius 1 is 0.878 bits per heavy atom. The lowest BCUT2D eigenvalue weighted by Crippen LogP contribution is -2.53. The van der Waals surface area contributed by atoms with Crippen LogP contribution in [0.4, 0.5) is 18.9 Å². The predicted molar refractivity (Wildman–Crippen MR) is 186 cm³/mol. The lowest BCUT2D eigenvalue weighted by molar-refractivity contribution is -0.140. The topological polar surface area (TPSA) is 86.8 Å². The number of amides is 2. The van der Waals surface area contributed by atoms with Gasteiger partial charge in [-0.3, -0.25) is 13.9 Å². The largest absolute Gasteiger partial charge is 0.416 e. The average molecular weight is 735 g/mol. The second kappa shape index (κ2) is 16.1. The number of carbonyl (C=O) groups is 2. The van der Waals surface area contributed by atoms with Crippen LogP contribution in [0.2, 0.25) is 10.0 Å². The summed E-state index contributed by atoms with van der Waals surface area (Å²) >= 11 is 12.6.